The smallest absolute Gasteiger partial charge is 0.227 e. The van der Waals surface area contributed by atoms with Crippen LogP contribution in [0.1, 0.15) is 11.1 Å². The zero-order valence-corrected chi connectivity index (χ0v) is 15.8. The van der Waals surface area contributed by atoms with E-state index in [0.29, 0.717) is 11.0 Å². The van der Waals surface area contributed by atoms with Crippen LogP contribution in [0.25, 0.3) is 17.1 Å². The Morgan fingerprint density at radius 1 is 0.926 bits per heavy atom. The zero-order valence-electron chi connectivity index (χ0n) is 15.0. The number of aryl methyl sites for hydroxylation is 2. The van der Waals surface area contributed by atoms with E-state index in [1.54, 1.807) is 12.4 Å². The van der Waals surface area contributed by atoms with Crippen LogP contribution in [-0.2, 0) is 0 Å². The van der Waals surface area contributed by atoms with Gasteiger partial charge in [-0.05, 0) is 67.4 Å². The van der Waals surface area contributed by atoms with E-state index in [-0.39, 0.29) is 0 Å². The average Bonchev–Trinajstić information content (AvgIpc) is 3.11. The van der Waals surface area contributed by atoms with Gasteiger partial charge in [-0.2, -0.15) is 5.10 Å². The molecule has 0 bridgehead atoms. The molecule has 6 heteroatoms. The molecule has 0 aliphatic carbocycles. The number of anilines is 2. The highest BCUT2D eigenvalue weighted by Gasteiger charge is 2.10. The van der Waals surface area contributed by atoms with Gasteiger partial charge in [0.1, 0.15) is 0 Å². The highest BCUT2D eigenvalue weighted by Crippen LogP contribution is 2.24. The van der Waals surface area contributed by atoms with Gasteiger partial charge in [0.2, 0.25) is 5.95 Å². The molecule has 0 saturated heterocycles. The van der Waals surface area contributed by atoms with Crippen molar-refractivity contribution in [3.05, 3.63) is 83.1 Å². The quantitative estimate of drug-likeness (QED) is 0.522. The van der Waals surface area contributed by atoms with E-state index in [2.05, 4.69) is 52.4 Å². The van der Waals surface area contributed by atoms with Gasteiger partial charge >= 0.3 is 0 Å². The van der Waals surface area contributed by atoms with Crippen LogP contribution in [0.2, 0.25) is 5.02 Å². The van der Waals surface area contributed by atoms with Crippen LogP contribution >= 0.6 is 11.6 Å². The summed E-state index contributed by atoms with van der Waals surface area (Å²) in [5, 5.41) is 8.36. The molecule has 0 unspecified atom stereocenters. The number of aromatic nitrogens is 4. The Morgan fingerprint density at radius 3 is 2.52 bits per heavy atom. The second kappa shape index (κ2) is 7.21. The number of hydrogen-bond donors (Lipinski definition) is 1. The number of halogens is 1. The summed E-state index contributed by atoms with van der Waals surface area (Å²) in [6.07, 6.45) is 3.48. The minimum atomic E-state index is 0.538. The highest BCUT2D eigenvalue weighted by atomic mass is 35.5. The Bertz CT molecular complexity index is 1080. The zero-order chi connectivity index (χ0) is 18.8. The topological polar surface area (TPSA) is 55.6 Å². The summed E-state index contributed by atoms with van der Waals surface area (Å²) in [7, 11) is 0. The van der Waals surface area contributed by atoms with Crippen LogP contribution < -0.4 is 5.32 Å². The number of nitrogens with one attached hydrogen (secondary N) is 1. The van der Waals surface area contributed by atoms with Crippen molar-refractivity contribution in [2.24, 2.45) is 0 Å². The predicted molar refractivity (Wildman–Crippen MR) is 109 cm³/mol. The Kier molecular flexibility index (Phi) is 4.60. The molecule has 0 radical (unpaired) electrons. The third-order valence-corrected chi connectivity index (χ3v) is 4.33. The third kappa shape index (κ3) is 3.83. The predicted octanol–water partition coefficient (Wildman–Crippen LogP) is 5.34. The Morgan fingerprint density at radius 2 is 1.74 bits per heavy atom. The molecule has 2 aromatic heterocycles. The molecule has 2 aromatic carbocycles. The molecule has 134 valence electrons. The molecule has 1 N–H and O–H groups in total. The fourth-order valence-electron chi connectivity index (χ4n) is 3.05. The van der Waals surface area contributed by atoms with Gasteiger partial charge in [-0.3, -0.25) is 0 Å². The third-order valence-electron chi connectivity index (χ3n) is 4.09. The standard InChI is InChI=1S/C21H18ClN5/c1-14-10-15(2)12-17(11-14)25-21-23-8-6-19(26-21)20-7-9-24-27(20)18-5-3-4-16(22)13-18/h3-13H,1-2H3,(H,23,25,26). The Hall–Kier alpha value is -3.18. The maximum Gasteiger partial charge on any atom is 0.227 e. The summed E-state index contributed by atoms with van der Waals surface area (Å²) < 4.78 is 1.81. The lowest BCUT2D eigenvalue weighted by atomic mass is 10.1. The molecule has 0 fully saturated rings. The fraction of sp³-hybridized carbons (Fsp3) is 0.0952. The molecule has 0 amide bonds. The van der Waals surface area contributed by atoms with E-state index >= 15 is 0 Å². The fourth-order valence-corrected chi connectivity index (χ4v) is 3.23. The van der Waals surface area contributed by atoms with Crippen LogP contribution in [0.3, 0.4) is 0 Å². The van der Waals surface area contributed by atoms with Gasteiger partial charge in [0.15, 0.2) is 0 Å². The van der Waals surface area contributed by atoms with Gasteiger partial charge in [-0.25, -0.2) is 14.6 Å². The van der Waals surface area contributed by atoms with E-state index < -0.39 is 0 Å². The minimum absolute atomic E-state index is 0.538. The minimum Gasteiger partial charge on any atom is -0.324 e. The summed E-state index contributed by atoms with van der Waals surface area (Å²) in [5.74, 6) is 0.538. The number of benzene rings is 2. The van der Waals surface area contributed by atoms with Gasteiger partial charge in [-0.15, -0.1) is 0 Å². The van der Waals surface area contributed by atoms with Crippen molar-refractivity contribution in [2.75, 3.05) is 5.32 Å². The second-order valence-corrected chi connectivity index (χ2v) is 6.81. The summed E-state index contributed by atoms with van der Waals surface area (Å²) in [5.41, 5.74) is 5.86. The molecular formula is C21H18ClN5. The van der Waals surface area contributed by atoms with Gasteiger partial charge in [0.25, 0.3) is 0 Å². The van der Waals surface area contributed by atoms with Gasteiger partial charge in [0, 0.05) is 16.9 Å². The molecule has 5 nitrogen and oxygen atoms in total. The van der Waals surface area contributed by atoms with E-state index in [1.165, 1.54) is 11.1 Å². The van der Waals surface area contributed by atoms with Crippen LogP contribution in [0.4, 0.5) is 11.6 Å². The normalized spacial score (nSPS) is 10.8. The molecule has 0 aliphatic rings. The summed E-state index contributed by atoms with van der Waals surface area (Å²) in [4.78, 5) is 9.01. The lowest BCUT2D eigenvalue weighted by Gasteiger charge is -2.10. The molecule has 0 spiro atoms. The Labute approximate surface area is 162 Å². The Balaban J connectivity index is 1.69. The molecule has 4 aromatic rings. The maximum absolute atomic E-state index is 6.12. The van der Waals surface area contributed by atoms with Crippen molar-refractivity contribution in [2.45, 2.75) is 13.8 Å². The average molecular weight is 376 g/mol. The van der Waals surface area contributed by atoms with Crippen molar-refractivity contribution in [3.8, 4) is 17.1 Å². The van der Waals surface area contributed by atoms with Crippen LogP contribution in [0, 0.1) is 13.8 Å². The summed E-state index contributed by atoms with van der Waals surface area (Å²) >= 11 is 6.12. The van der Waals surface area contributed by atoms with Crippen LogP contribution in [0.5, 0.6) is 0 Å². The van der Waals surface area contributed by atoms with Crippen molar-refractivity contribution >= 4 is 23.2 Å². The summed E-state index contributed by atoms with van der Waals surface area (Å²) in [6, 6.07) is 17.6. The molecular weight excluding hydrogens is 358 g/mol. The van der Waals surface area contributed by atoms with E-state index in [4.69, 9.17) is 11.6 Å². The van der Waals surface area contributed by atoms with E-state index in [1.807, 2.05) is 41.1 Å². The molecule has 0 saturated carbocycles. The van der Waals surface area contributed by atoms with Gasteiger partial charge in [-0.1, -0.05) is 23.7 Å². The van der Waals surface area contributed by atoms with Crippen molar-refractivity contribution < 1.29 is 0 Å². The van der Waals surface area contributed by atoms with E-state index in [0.717, 1.165) is 22.8 Å². The first-order chi connectivity index (χ1) is 13.1. The lowest BCUT2D eigenvalue weighted by molar-refractivity contribution is 0.883. The maximum atomic E-state index is 6.12. The first-order valence-electron chi connectivity index (χ1n) is 8.57. The number of rotatable bonds is 4. The van der Waals surface area contributed by atoms with Crippen molar-refractivity contribution in [3.63, 3.8) is 0 Å². The molecule has 2 heterocycles. The molecule has 0 aliphatic heterocycles. The molecule has 27 heavy (non-hydrogen) atoms. The van der Waals surface area contributed by atoms with Crippen molar-refractivity contribution in [1.82, 2.24) is 19.7 Å². The first kappa shape index (κ1) is 17.2. The van der Waals surface area contributed by atoms with Gasteiger partial charge < -0.3 is 5.32 Å². The lowest BCUT2D eigenvalue weighted by Crippen LogP contribution is -2.02. The van der Waals surface area contributed by atoms with Crippen LogP contribution in [-0.4, -0.2) is 19.7 Å². The molecule has 4 rings (SSSR count). The largest absolute Gasteiger partial charge is 0.324 e. The van der Waals surface area contributed by atoms with Gasteiger partial charge in [0.05, 0.1) is 23.3 Å². The van der Waals surface area contributed by atoms with Crippen molar-refractivity contribution in [1.29, 1.82) is 0 Å². The SMILES string of the molecule is Cc1cc(C)cc(Nc2nccc(-c3ccnn3-c3cccc(Cl)c3)n2)c1. The van der Waals surface area contributed by atoms with Crippen LogP contribution in [0.15, 0.2) is 67.0 Å². The number of hydrogen-bond acceptors (Lipinski definition) is 4. The first-order valence-corrected chi connectivity index (χ1v) is 8.95. The molecule has 0 atom stereocenters. The van der Waals surface area contributed by atoms with E-state index in [9.17, 15) is 0 Å². The second-order valence-electron chi connectivity index (χ2n) is 6.37. The monoisotopic (exact) mass is 375 g/mol. The highest BCUT2D eigenvalue weighted by molar-refractivity contribution is 6.30. The summed E-state index contributed by atoms with van der Waals surface area (Å²) in [6.45, 7) is 4.14. The number of nitrogens with zero attached hydrogens (tertiary/aromatic N) is 4.